The highest BCUT2D eigenvalue weighted by atomic mass is 32.2. The first-order chi connectivity index (χ1) is 14.1. The number of nitrogens with one attached hydrogen (secondary N) is 1. The molecule has 0 heterocycles. The smallest absolute Gasteiger partial charge is 0.422 e. The Kier molecular flexibility index (Phi) is 7.35. The lowest BCUT2D eigenvalue weighted by Gasteiger charge is -2.15. The lowest BCUT2D eigenvalue weighted by Crippen LogP contribution is -2.20. The molecule has 0 saturated heterocycles. The number of anilines is 1. The number of alkyl halides is 6. The van der Waals surface area contributed by atoms with Gasteiger partial charge in [0, 0.05) is 18.2 Å². The van der Waals surface area contributed by atoms with Crippen LogP contribution in [-0.4, -0.2) is 34.0 Å². The average molecular weight is 471 g/mol. The Morgan fingerprint density at radius 3 is 1.68 bits per heavy atom. The van der Waals surface area contributed by atoms with E-state index in [9.17, 15) is 34.8 Å². The van der Waals surface area contributed by atoms with Crippen LogP contribution in [-0.2, 0) is 10.0 Å². The maximum absolute atomic E-state index is 12.6. The summed E-state index contributed by atoms with van der Waals surface area (Å²) in [4.78, 5) is -0.142. The molecule has 0 unspecified atom stereocenters. The van der Waals surface area contributed by atoms with Crippen LogP contribution in [0.5, 0.6) is 11.5 Å². The van der Waals surface area contributed by atoms with Gasteiger partial charge >= 0.3 is 12.4 Å². The van der Waals surface area contributed by atoms with E-state index < -0.39 is 47.1 Å². The first-order valence-corrected chi connectivity index (χ1v) is 10.3. The molecule has 0 aromatic heterocycles. The third-order valence-electron chi connectivity index (χ3n) is 3.79. The molecule has 0 aliphatic rings. The molecule has 2 rings (SSSR count). The topological polar surface area (TPSA) is 64.6 Å². The molecule has 1 N–H and O–H groups in total. The SMILES string of the molecule is CC(C)c1ccc(S(=O)(=O)Nc2cc(OCC(F)(F)F)cc(OCC(F)(F)F)c2)cc1. The van der Waals surface area contributed by atoms with Crippen LogP contribution < -0.4 is 14.2 Å². The van der Waals surface area contributed by atoms with Gasteiger partial charge in [0.1, 0.15) is 11.5 Å². The highest BCUT2D eigenvalue weighted by molar-refractivity contribution is 7.92. The Balaban J connectivity index is 2.31. The van der Waals surface area contributed by atoms with Gasteiger partial charge < -0.3 is 9.47 Å². The number of halogens is 6. The van der Waals surface area contributed by atoms with E-state index in [2.05, 4.69) is 14.2 Å². The second-order valence-corrected chi connectivity index (χ2v) is 8.51. The van der Waals surface area contributed by atoms with Crippen LogP contribution >= 0.6 is 0 Å². The molecule has 2 aromatic carbocycles. The normalized spacial score (nSPS) is 12.7. The van der Waals surface area contributed by atoms with Gasteiger partial charge in [-0.1, -0.05) is 26.0 Å². The molecule has 5 nitrogen and oxygen atoms in total. The van der Waals surface area contributed by atoms with Gasteiger partial charge in [0.05, 0.1) is 10.6 Å². The highest BCUT2D eigenvalue weighted by Crippen LogP contribution is 2.30. The van der Waals surface area contributed by atoms with Crippen LogP contribution in [0.1, 0.15) is 25.3 Å². The summed E-state index contributed by atoms with van der Waals surface area (Å²) < 4.78 is 111. The van der Waals surface area contributed by atoms with E-state index in [-0.39, 0.29) is 16.5 Å². The van der Waals surface area contributed by atoms with E-state index in [0.29, 0.717) is 0 Å². The monoisotopic (exact) mass is 471 g/mol. The van der Waals surface area contributed by atoms with Crippen molar-refractivity contribution in [2.24, 2.45) is 0 Å². The second-order valence-electron chi connectivity index (χ2n) is 6.83. The van der Waals surface area contributed by atoms with Crippen LogP contribution in [0.2, 0.25) is 0 Å². The average Bonchev–Trinajstić information content (AvgIpc) is 2.63. The number of sulfonamides is 1. The predicted molar refractivity (Wildman–Crippen MR) is 101 cm³/mol. The quantitative estimate of drug-likeness (QED) is 0.517. The van der Waals surface area contributed by atoms with Gasteiger partial charge in [-0.2, -0.15) is 26.3 Å². The Morgan fingerprint density at radius 1 is 0.839 bits per heavy atom. The summed E-state index contributed by atoms with van der Waals surface area (Å²) in [7, 11) is -4.18. The summed E-state index contributed by atoms with van der Waals surface area (Å²) >= 11 is 0. The van der Waals surface area contributed by atoms with Crippen molar-refractivity contribution < 1.29 is 44.2 Å². The minimum Gasteiger partial charge on any atom is -0.484 e. The van der Waals surface area contributed by atoms with Gasteiger partial charge in [0.2, 0.25) is 0 Å². The number of hydrogen-bond acceptors (Lipinski definition) is 4. The zero-order valence-electron chi connectivity index (χ0n) is 16.3. The zero-order valence-corrected chi connectivity index (χ0v) is 17.2. The second kappa shape index (κ2) is 9.25. The summed E-state index contributed by atoms with van der Waals surface area (Å²) in [5.74, 6) is -0.893. The number of benzene rings is 2. The molecule has 0 radical (unpaired) electrons. The third-order valence-corrected chi connectivity index (χ3v) is 5.19. The van der Waals surface area contributed by atoms with Crippen LogP contribution in [0.3, 0.4) is 0 Å². The third kappa shape index (κ3) is 8.19. The first kappa shape index (κ1) is 24.6. The number of hydrogen-bond donors (Lipinski definition) is 1. The Hall–Kier alpha value is -2.63. The summed E-state index contributed by atoms with van der Waals surface area (Å²) in [5.41, 5.74) is 0.550. The van der Waals surface area contributed by atoms with Crippen molar-refractivity contribution in [1.29, 1.82) is 0 Å². The fourth-order valence-corrected chi connectivity index (χ4v) is 3.41. The Morgan fingerprint density at radius 2 is 1.29 bits per heavy atom. The summed E-state index contributed by atoms with van der Waals surface area (Å²) in [6, 6.07) is 8.48. The van der Waals surface area contributed by atoms with Gasteiger partial charge in [-0.3, -0.25) is 4.72 Å². The molecule has 2 aromatic rings. The summed E-state index contributed by atoms with van der Waals surface area (Å²) in [5, 5.41) is 0. The minimum absolute atomic E-state index is 0.142. The largest absolute Gasteiger partial charge is 0.484 e. The maximum Gasteiger partial charge on any atom is 0.422 e. The van der Waals surface area contributed by atoms with Gasteiger partial charge in [0.25, 0.3) is 10.0 Å². The molecule has 0 spiro atoms. The standard InChI is InChI=1S/C19H19F6NO4S/c1-12(2)13-3-5-17(6-4-13)31(27,28)26-14-7-15(29-10-18(20,21)22)9-16(8-14)30-11-19(23,24)25/h3-9,12,26H,10-11H2,1-2H3. The van der Waals surface area contributed by atoms with E-state index in [0.717, 1.165) is 23.8 Å². The van der Waals surface area contributed by atoms with Crippen molar-refractivity contribution in [3.63, 3.8) is 0 Å². The molecule has 0 aliphatic carbocycles. The van der Waals surface area contributed by atoms with Gasteiger partial charge in [-0.05, 0) is 23.6 Å². The molecular weight excluding hydrogens is 452 g/mol. The van der Waals surface area contributed by atoms with Crippen molar-refractivity contribution >= 4 is 15.7 Å². The lowest BCUT2D eigenvalue weighted by atomic mass is 10.0. The van der Waals surface area contributed by atoms with Crippen molar-refractivity contribution in [2.45, 2.75) is 37.0 Å². The Labute approximate surface area is 175 Å². The van der Waals surface area contributed by atoms with Gasteiger partial charge in [-0.25, -0.2) is 8.42 Å². The van der Waals surface area contributed by atoms with E-state index in [4.69, 9.17) is 0 Å². The molecule has 12 heteroatoms. The number of ether oxygens (including phenoxy) is 2. The molecule has 0 bridgehead atoms. The van der Waals surface area contributed by atoms with Crippen LogP contribution in [0.25, 0.3) is 0 Å². The minimum atomic E-state index is -4.71. The van der Waals surface area contributed by atoms with Crippen molar-refractivity contribution in [3.05, 3.63) is 48.0 Å². The number of rotatable bonds is 8. The predicted octanol–water partition coefficient (Wildman–Crippen LogP) is 5.49. The van der Waals surface area contributed by atoms with E-state index in [1.807, 2.05) is 13.8 Å². The fraction of sp³-hybridized carbons (Fsp3) is 0.368. The molecule has 0 saturated carbocycles. The van der Waals surface area contributed by atoms with Crippen LogP contribution in [0.4, 0.5) is 32.0 Å². The van der Waals surface area contributed by atoms with E-state index in [1.54, 1.807) is 12.1 Å². The molecule has 0 fully saturated rings. The van der Waals surface area contributed by atoms with E-state index in [1.165, 1.54) is 12.1 Å². The molecule has 0 aliphatic heterocycles. The van der Waals surface area contributed by atoms with Crippen LogP contribution in [0, 0.1) is 0 Å². The van der Waals surface area contributed by atoms with Gasteiger partial charge in [0.15, 0.2) is 13.2 Å². The molecule has 0 atom stereocenters. The molecule has 0 amide bonds. The van der Waals surface area contributed by atoms with Crippen molar-refractivity contribution in [1.82, 2.24) is 0 Å². The fourth-order valence-electron chi connectivity index (χ4n) is 2.37. The first-order valence-electron chi connectivity index (χ1n) is 8.81. The summed E-state index contributed by atoms with van der Waals surface area (Å²) in [6.45, 7) is 0.379. The molecule has 172 valence electrons. The highest BCUT2D eigenvalue weighted by Gasteiger charge is 2.30. The van der Waals surface area contributed by atoms with Crippen LogP contribution in [0.15, 0.2) is 47.4 Å². The van der Waals surface area contributed by atoms with Gasteiger partial charge in [-0.15, -0.1) is 0 Å². The van der Waals surface area contributed by atoms with Crippen molar-refractivity contribution in [3.8, 4) is 11.5 Å². The maximum atomic E-state index is 12.6. The molecular formula is C19H19F6NO4S. The van der Waals surface area contributed by atoms with E-state index >= 15 is 0 Å². The Bertz CT molecular complexity index is 950. The zero-order chi connectivity index (χ0) is 23.4. The van der Waals surface area contributed by atoms with Crippen molar-refractivity contribution in [2.75, 3.05) is 17.9 Å². The lowest BCUT2D eigenvalue weighted by molar-refractivity contribution is -0.153. The summed E-state index contributed by atoms with van der Waals surface area (Å²) in [6.07, 6.45) is -9.42. The molecule has 31 heavy (non-hydrogen) atoms.